The Hall–Kier alpha value is -2.18. The minimum Gasteiger partial charge on any atom is -0.369 e. The monoisotopic (exact) mass is 274 g/mol. The number of terminal acetylenes is 1. The molecule has 0 aliphatic carbocycles. The predicted octanol–water partition coefficient (Wildman–Crippen LogP) is 3.86. The van der Waals surface area contributed by atoms with Gasteiger partial charge in [0.05, 0.1) is 0 Å². The molecule has 3 heteroatoms. The maximum Gasteiger partial charge on any atom is 0.176 e. The van der Waals surface area contributed by atoms with E-state index < -0.39 is 17.2 Å². The van der Waals surface area contributed by atoms with E-state index in [1.165, 1.54) is 48.5 Å². The predicted molar refractivity (Wildman–Crippen MR) is 76.0 cm³/mol. The Morgan fingerprint density at radius 1 is 0.850 bits per heavy atom. The molecule has 1 N–H and O–H groups in total. The SMILES string of the molecule is C#CC(O)(c1ccc(F)cc1)c1ccc(F)cc1.CC. The number of hydrogen-bond acceptors (Lipinski definition) is 1. The van der Waals surface area contributed by atoms with E-state index in [-0.39, 0.29) is 0 Å². The van der Waals surface area contributed by atoms with Crippen molar-refractivity contribution in [3.05, 3.63) is 71.3 Å². The van der Waals surface area contributed by atoms with Crippen LogP contribution in [0.1, 0.15) is 25.0 Å². The van der Waals surface area contributed by atoms with Crippen molar-refractivity contribution in [2.24, 2.45) is 0 Å². The van der Waals surface area contributed by atoms with Gasteiger partial charge in [-0.15, -0.1) is 6.42 Å². The molecule has 2 aromatic rings. The van der Waals surface area contributed by atoms with E-state index in [1.807, 2.05) is 13.8 Å². The molecule has 0 unspecified atom stereocenters. The van der Waals surface area contributed by atoms with Crippen molar-refractivity contribution >= 4 is 0 Å². The van der Waals surface area contributed by atoms with E-state index in [1.54, 1.807) is 0 Å². The summed E-state index contributed by atoms with van der Waals surface area (Å²) >= 11 is 0. The summed E-state index contributed by atoms with van der Waals surface area (Å²) < 4.78 is 25.7. The summed E-state index contributed by atoms with van der Waals surface area (Å²) in [4.78, 5) is 0. The molecule has 1 nitrogen and oxygen atoms in total. The lowest BCUT2D eigenvalue weighted by molar-refractivity contribution is 0.145. The Kier molecular flexibility index (Phi) is 5.42. The summed E-state index contributed by atoms with van der Waals surface area (Å²) in [5.74, 6) is 1.42. The molecule has 0 bridgehead atoms. The topological polar surface area (TPSA) is 20.2 Å². The number of hydrogen-bond donors (Lipinski definition) is 1. The molecule has 0 fully saturated rings. The smallest absolute Gasteiger partial charge is 0.176 e. The average Bonchev–Trinajstić information content (AvgIpc) is 2.50. The Morgan fingerprint density at radius 2 is 1.15 bits per heavy atom. The highest BCUT2D eigenvalue weighted by Crippen LogP contribution is 2.29. The summed E-state index contributed by atoms with van der Waals surface area (Å²) in [6.45, 7) is 4.00. The zero-order chi connectivity index (χ0) is 15.2. The molecule has 0 saturated carbocycles. The third-order valence-electron chi connectivity index (χ3n) is 2.73. The molecule has 0 spiro atoms. The number of aliphatic hydroxyl groups is 1. The lowest BCUT2D eigenvalue weighted by Crippen LogP contribution is -2.25. The molecule has 0 aromatic heterocycles. The molecule has 0 heterocycles. The van der Waals surface area contributed by atoms with E-state index in [0.29, 0.717) is 11.1 Å². The van der Waals surface area contributed by atoms with Gasteiger partial charge < -0.3 is 5.11 Å². The van der Waals surface area contributed by atoms with Crippen LogP contribution in [-0.4, -0.2) is 5.11 Å². The van der Waals surface area contributed by atoms with Gasteiger partial charge in [0.1, 0.15) is 11.6 Å². The van der Waals surface area contributed by atoms with Crippen LogP contribution in [-0.2, 0) is 5.60 Å². The third kappa shape index (κ3) is 3.23. The van der Waals surface area contributed by atoms with Gasteiger partial charge in [-0.2, -0.15) is 0 Å². The van der Waals surface area contributed by atoms with Crippen LogP contribution in [0.15, 0.2) is 48.5 Å². The minimum atomic E-state index is -1.69. The summed E-state index contributed by atoms with van der Waals surface area (Å²) in [7, 11) is 0. The molecule has 0 aliphatic heterocycles. The normalized spacial score (nSPS) is 10.2. The van der Waals surface area contributed by atoms with E-state index >= 15 is 0 Å². The lowest BCUT2D eigenvalue weighted by atomic mass is 9.87. The molecule has 2 rings (SSSR count). The maximum atomic E-state index is 12.9. The second-order valence-electron chi connectivity index (χ2n) is 3.87. The van der Waals surface area contributed by atoms with Crippen LogP contribution in [0.2, 0.25) is 0 Å². The largest absolute Gasteiger partial charge is 0.369 e. The summed E-state index contributed by atoms with van der Waals surface area (Å²) in [5, 5.41) is 10.5. The Labute approximate surface area is 117 Å². The average molecular weight is 274 g/mol. The van der Waals surface area contributed by atoms with Crippen molar-refractivity contribution in [3.8, 4) is 12.3 Å². The Bertz CT molecular complexity index is 534. The van der Waals surface area contributed by atoms with Gasteiger partial charge in [0.25, 0.3) is 0 Å². The van der Waals surface area contributed by atoms with Gasteiger partial charge in [-0.1, -0.05) is 44.0 Å². The lowest BCUT2D eigenvalue weighted by Gasteiger charge is -2.23. The van der Waals surface area contributed by atoms with Crippen molar-refractivity contribution in [1.82, 2.24) is 0 Å². The quantitative estimate of drug-likeness (QED) is 0.824. The minimum absolute atomic E-state index is 0.359. The van der Waals surface area contributed by atoms with Crippen molar-refractivity contribution < 1.29 is 13.9 Å². The van der Waals surface area contributed by atoms with Crippen LogP contribution in [0.5, 0.6) is 0 Å². The van der Waals surface area contributed by atoms with Crippen molar-refractivity contribution in [2.75, 3.05) is 0 Å². The van der Waals surface area contributed by atoms with Gasteiger partial charge in [0.2, 0.25) is 0 Å². The number of rotatable bonds is 2. The fraction of sp³-hybridized carbons (Fsp3) is 0.176. The maximum absolute atomic E-state index is 12.9. The highest BCUT2D eigenvalue weighted by Gasteiger charge is 2.29. The zero-order valence-electron chi connectivity index (χ0n) is 11.4. The summed E-state index contributed by atoms with van der Waals surface area (Å²) in [6, 6.07) is 10.4. The van der Waals surface area contributed by atoms with Crippen LogP contribution in [0.3, 0.4) is 0 Å². The van der Waals surface area contributed by atoms with Gasteiger partial charge in [0.15, 0.2) is 5.60 Å². The van der Waals surface area contributed by atoms with Crippen molar-refractivity contribution in [3.63, 3.8) is 0 Å². The van der Waals surface area contributed by atoms with Crippen LogP contribution < -0.4 is 0 Å². The van der Waals surface area contributed by atoms with E-state index in [9.17, 15) is 13.9 Å². The standard InChI is InChI=1S/C15H10F2O.C2H6/c1-2-15(18,11-3-7-13(16)8-4-11)12-5-9-14(17)10-6-12;1-2/h1,3-10,18H;1-2H3. The molecule has 2 aromatic carbocycles. The summed E-state index contributed by atoms with van der Waals surface area (Å²) in [5.41, 5.74) is -0.975. The van der Waals surface area contributed by atoms with E-state index in [2.05, 4.69) is 5.92 Å². The van der Waals surface area contributed by atoms with Crippen LogP contribution in [0.4, 0.5) is 8.78 Å². The second-order valence-corrected chi connectivity index (χ2v) is 3.87. The van der Waals surface area contributed by atoms with Crippen LogP contribution >= 0.6 is 0 Å². The van der Waals surface area contributed by atoms with Crippen LogP contribution in [0.25, 0.3) is 0 Å². The molecule has 0 atom stereocenters. The van der Waals surface area contributed by atoms with Gasteiger partial charge in [-0.3, -0.25) is 0 Å². The Morgan fingerprint density at radius 3 is 1.40 bits per heavy atom. The molecular weight excluding hydrogens is 258 g/mol. The molecule has 0 saturated heterocycles. The van der Waals surface area contributed by atoms with E-state index in [0.717, 1.165) is 0 Å². The molecule has 0 radical (unpaired) electrons. The molecule has 20 heavy (non-hydrogen) atoms. The number of benzene rings is 2. The molecular formula is C17H16F2O. The first kappa shape index (κ1) is 15.9. The zero-order valence-corrected chi connectivity index (χ0v) is 11.4. The second kappa shape index (κ2) is 6.83. The highest BCUT2D eigenvalue weighted by atomic mass is 19.1. The first-order valence-corrected chi connectivity index (χ1v) is 6.28. The molecule has 0 aliphatic rings. The van der Waals surface area contributed by atoms with Gasteiger partial charge in [0, 0.05) is 11.1 Å². The van der Waals surface area contributed by atoms with Crippen molar-refractivity contribution in [2.45, 2.75) is 19.4 Å². The van der Waals surface area contributed by atoms with Crippen LogP contribution in [0, 0.1) is 24.0 Å². The van der Waals surface area contributed by atoms with Gasteiger partial charge in [-0.25, -0.2) is 8.78 Å². The van der Waals surface area contributed by atoms with E-state index in [4.69, 9.17) is 6.42 Å². The number of halogens is 2. The van der Waals surface area contributed by atoms with Gasteiger partial charge in [-0.05, 0) is 24.3 Å². The molecule has 0 amide bonds. The molecule has 104 valence electrons. The summed E-state index contributed by atoms with van der Waals surface area (Å²) in [6.07, 6.45) is 5.36. The van der Waals surface area contributed by atoms with Gasteiger partial charge >= 0.3 is 0 Å². The van der Waals surface area contributed by atoms with Crippen molar-refractivity contribution in [1.29, 1.82) is 0 Å². The first-order chi connectivity index (χ1) is 9.56. The first-order valence-electron chi connectivity index (χ1n) is 6.28. The third-order valence-corrected chi connectivity index (χ3v) is 2.73. The highest BCUT2D eigenvalue weighted by molar-refractivity contribution is 5.43. The Balaban J connectivity index is 0.000000956. The fourth-order valence-electron chi connectivity index (χ4n) is 1.72. The fourth-order valence-corrected chi connectivity index (χ4v) is 1.72.